The lowest BCUT2D eigenvalue weighted by Gasteiger charge is -2.14. The molecule has 1 N–H and O–H groups in total. The molecule has 0 saturated carbocycles. The molecular formula is C22H17F2N3O3S2. The second kappa shape index (κ2) is 9.19. The van der Waals surface area contributed by atoms with Crippen LogP contribution < -0.4 is 10.3 Å². The number of para-hydroxylation sites is 1. The van der Waals surface area contributed by atoms with E-state index in [9.17, 15) is 22.0 Å². The van der Waals surface area contributed by atoms with Gasteiger partial charge in [0.2, 0.25) is 10.0 Å². The molecule has 1 heterocycles. The minimum atomic E-state index is -3.69. The number of fused-ring (bicyclic) bond motifs is 1. The summed E-state index contributed by atoms with van der Waals surface area (Å²) in [5.74, 6) is -1.45. The standard InChI is InChI=1S/C22H17F2N3O3S2/c23-15-10-11-20(18(24)14-15)27-21(28)17-8-4-5-9-19(17)26-22(27)31-13-12-25-32(29,30)16-6-2-1-3-7-16/h1-11,14,25H,12-13H2. The number of nitrogens with one attached hydrogen (secondary N) is 1. The van der Waals surface area contributed by atoms with Crippen molar-refractivity contribution in [3.05, 3.63) is 94.8 Å². The van der Waals surface area contributed by atoms with Gasteiger partial charge in [-0.05, 0) is 36.4 Å². The minimum Gasteiger partial charge on any atom is -0.268 e. The topological polar surface area (TPSA) is 81.1 Å². The molecule has 0 aliphatic heterocycles. The van der Waals surface area contributed by atoms with Crippen LogP contribution in [0, 0.1) is 11.6 Å². The van der Waals surface area contributed by atoms with Crippen LogP contribution >= 0.6 is 11.8 Å². The maximum atomic E-state index is 14.5. The maximum Gasteiger partial charge on any atom is 0.266 e. The predicted octanol–water partition coefficient (Wildman–Crippen LogP) is 3.73. The third kappa shape index (κ3) is 4.57. The fraction of sp³-hybridized carbons (Fsp3) is 0.0909. The summed E-state index contributed by atoms with van der Waals surface area (Å²) in [6, 6.07) is 17.5. The average molecular weight is 474 g/mol. The van der Waals surface area contributed by atoms with Crippen LogP contribution in [0.5, 0.6) is 0 Å². The molecule has 10 heteroatoms. The van der Waals surface area contributed by atoms with Crippen LogP contribution in [-0.2, 0) is 10.0 Å². The Morgan fingerprint density at radius 2 is 1.69 bits per heavy atom. The first-order valence-electron chi connectivity index (χ1n) is 9.51. The molecule has 32 heavy (non-hydrogen) atoms. The highest BCUT2D eigenvalue weighted by Gasteiger charge is 2.17. The van der Waals surface area contributed by atoms with Crippen LogP contribution in [0.25, 0.3) is 16.6 Å². The zero-order valence-electron chi connectivity index (χ0n) is 16.5. The lowest BCUT2D eigenvalue weighted by Crippen LogP contribution is -2.27. The molecule has 0 saturated heterocycles. The second-order valence-corrected chi connectivity index (χ2v) is 9.54. The summed E-state index contributed by atoms with van der Waals surface area (Å²) in [5.41, 5.74) is -0.223. The average Bonchev–Trinajstić information content (AvgIpc) is 2.78. The van der Waals surface area contributed by atoms with Crippen molar-refractivity contribution >= 4 is 32.7 Å². The molecule has 4 rings (SSSR count). The number of hydrogen-bond donors (Lipinski definition) is 1. The van der Waals surface area contributed by atoms with E-state index in [1.807, 2.05) is 0 Å². The molecule has 1 aromatic heterocycles. The van der Waals surface area contributed by atoms with Gasteiger partial charge in [-0.1, -0.05) is 42.1 Å². The number of rotatable bonds is 7. The van der Waals surface area contributed by atoms with Gasteiger partial charge in [-0.25, -0.2) is 26.9 Å². The third-order valence-corrected chi connectivity index (χ3v) is 6.99. The molecule has 6 nitrogen and oxygen atoms in total. The van der Waals surface area contributed by atoms with Gasteiger partial charge in [0, 0.05) is 18.4 Å². The quantitative estimate of drug-likeness (QED) is 0.251. The van der Waals surface area contributed by atoms with Crippen molar-refractivity contribution in [2.24, 2.45) is 0 Å². The molecule has 0 atom stereocenters. The van der Waals surface area contributed by atoms with Crippen LogP contribution in [0.4, 0.5) is 8.78 Å². The van der Waals surface area contributed by atoms with Gasteiger partial charge >= 0.3 is 0 Å². The number of benzene rings is 3. The lowest BCUT2D eigenvalue weighted by atomic mass is 10.2. The third-order valence-electron chi connectivity index (χ3n) is 4.57. The molecule has 0 bridgehead atoms. The molecule has 0 amide bonds. The normalized spacial score (nSPS) is 11.7. The van der Waals surface area contributed by atoms with E-state index >= 15 is 0 Å². The van der Waals surface area contributed by atoms with Crippen LogP contribution in [0.2, 0.25) is 0 Å². The van der Waals surface area contributed by atoms with Gasteiger partial charge in [0.1, 0.15) is 11.6 Å². The maximum absolute atomic E-state index is 14.5. The van der Waals surface area contributed by atoms with Crippen molar-refractivity contribution in [1.82, 2.24) is 14.3 Å². The van der Waals surface area contributed by atoms with Gasteiger partial charge in [-0.15, -0.1) is 0 Å². The number of nitrogens with zero attached hydrogens (tertiary/aromatic N) is 2. The van der Waals surface area contributed by atoms with E-state index in [2.05, 4.69) is 9.71 Å². The summed E-state index contributed by atoms with van der Waals surface area (Å²) < 4.78 is 56.2. The molecule has 0 radical (unpaired) electrons. The molecular weight excluding hydrogens is 456 g/mol. The monoisotopic (exact) mass is 473 g/mol. The zero-order chi connectivity index (χ0) is 22.7. The molecule has 0 spiro atoms. The smallest absolute Gasteiger partial charge is 0.266 e. The predicted molar refractivity (Wildman–Crippen MR) is 120 cm³/mol. The SMILES string of the molecule is O=c1c2ccccc2nc(SCCNS(=O)(=O)c2ccccc2)n1-c1ccc(F)cc1F. The Morgan fingerprint density at radius 1 is 0.969 bits per heavy atom. The van der Waals surface area contributed by atoms with Gasteiger partial charge in [0.25, 0.3) is 5.56 Å². The van der Waals surface area contributed by atoms with Crippen molar-refractivity contribution in [2.75, 3.05) is 12.3 Å². The number of aromatic nitrogens is 2. The Hall–Kier alpha value is -3.08. The minimum absolute atomic E-state index is 0.0521. The fourth-order valence-electron chi connectivity index (χ4n) is 3.09. The van der Waals surface area contributed by atoms with Crippen molar-refractivity contribution in [3.63, 3.8) is 0 Å². The molecule has 0 aliphatic carbocycles. The zero-order valence-corrected chi connectivity index (χ0v) is 18.2. The Kier molecular flexibility index (Phi) is 6.35. The largest absolute Gasteiger partial charge is 0.268 e. The van der Waals surface area contributed by atoms with Crippen LogP contribution in [0.15, 0.2) is 87.6 Å². The Labute approximate surface area is 187 Å². The first-order chi connectivity index (χ1) is 15.4. The van der Waals surface area contributed by atoms with Gasteiger partial charge in [0.15, 0.2) is 5.16 Å². The van der Waals surface area contributed by atoms with E-state index in [1.54, 1.807) is 42.5 Å². The number of thioether (sulfide) groups is 1. The summed E-state index contributed by atoms with van der Waals surface area (Å²) in [7, 11) is -3.69. The van der Waals surface area contributed by atoms with Gasteiger partial charge in [-0.2, -0.15) is 0 Å². The summed E-state index contributed by atoms with van der Waals surface area (Å²) in [5, 5.41) is 0.448. The second-order valence-electron chi connectivity index (χ2n) is 6.71. The summed E-state index contributed by atoms with van der Waals surface area (Å²) in [6.07, 6.45) is 0. The van der Waals surface area contributed by atoms with Crippen LogP contribution in [0.1, 0.15) is 0 Å². The van der Waals surface area contributed by atoms with E-state index in [0.29, 0.717) is 11.6 Å². The van der Waals surface area contributed by atoms with Crippen molar-refractivity contribution < 1.29 is 17.2 Å². The van der Waals surface area contributed by atoms with Crippen LogP contribution in [-0.4, -0.2) is 30.3 Å². The van der Waals surface area contributed by atoms with Gasteiger partial charge in [-0.3, -0.25) is 9.36 Å². The molecule has 0 fully saturated rings. The fourth-order valence-corrected chi connectivity index (χ4v) is 5.13. The molecule has 0 aliphatic rings. The summed E-state index contributed by atoms with van der Waals surface area (Å²) in [4.78, 5) is 17.7. The molecule has 164 valence electrons. The van der Waals surface area contributed by atoms with E-state index in [4.69, 9.17) is 0 Å². The first kappa shape index (κ1) is 22.1. The van der Waals surface area contributed by atoms with Crippen molar-refractivity contribution in [3.8, 4) is 5.69 Å². The first-order valence-corrected chi connectivity index (χ1v) is 12.0. The Bertz CT molecular complexity index is 1440. The Morgan fingerprint density at radius 3 is 2.44 bits per heavy atom. The molecule has 3 aromatic carbocycles. The van der Waals surface area contributed by atoms with Gasteiger partial charge < -0.3 is 0 Å². The van der Waals surface area contributed by atoms with E-state index in [1.165, 1.54) is 18.2 Å². The summed E-state index contributed by atoms with van der Waals surface area (Å²) in [6.45, 7) is 0.0521. The lowest BCUT2D eigenvalue weighted by molar-refractivity contribution is 0.572. The van der Waals surface area contributed by atoms with Crippen LogP contribution in [0.3, 0.4) is 0 Å². The highest BCUT2D eigenvalue weighted by molar-refractivity contribution is 7.99. The van der Waals surface area contributed by atoms with E-state index < -0.39 is 27.2 Å². The van der Waals surface area contributed by atoms with Crippen molar-refractivity contribution in [2.45, 2.75) is 10.1 Å². The Balaban J connectivity index is 1.64. The number of halogens is 2. The summed E-state index contributed by atoms with van der Waals surface area (Å²) >= 11 is 1.08. The molecule has 4 aromatic rings. The number of hydrogen-bond acceptors (Lipinski definition) is 5. The van der Waals surface area contributed by atoms with Crippen molar-refractivity contribution in [1.29, 1.82) is 0 Å². The van der Waals surface area contributed by atoms with E-state index in [0.717, 1.165) is 22.4 Å². The highest BCUT2D eigenvalue weighted by Crippen LogP contribution is 2.23. The number of sulfonamides is 1. The van der Waals surface area contributed by atoms with E-state index in [-0.39, 0.29) is 33.4 Å². The highest BCUT2D eigenvalue weighted by atomic mass is 32.2. The van der Waals surface area contributed by atoms with Gasteiger partial charge in [0.05, 0.1) is 21.5 Å². The molecule has 0 unspecified atom stereocenters.